The Kier molecular flexibility index (Phi) is 3.85. The van der Waals surface area contributed by atoms with Crippen LogP contribution >= 0.6 is 11.6 Å². The second kappa shape index (κ2) is 5.40. The number of aromatic nitrogens is 2. The van der Waals surface area contributed by atoms with Crippen molar-refractivity contribution in [2.75, 3.05) is 12.8 Å². The summed E-state index contributed by atoms with van der Waals surface area (Å²) in [5, 5.41) is 4.81. The monoisotopic (exact) mass is 281 g/mol. The molecule has 1 aromatic heterocycles. The summed E-state index contributed by atoms with van der Waals surface area (Å²) < 4.78 is 12.4. The average molecular weight is 282 g/mol. The Labute approximate surface area is 116 Å². The van der Waals surface area contributed by atoms with Gasteiger partial charge in [-0.1, -0.05) is 11.6 Å². The molecule has 102 valence electrons. The molecular formula is C13H16ClN3O2. The Morgan fingerprint density at radius 2 is 2.16 bits per heavy atom. The minimum atomic E-state index is 0.351. The highest BCUT2D eigenvalue weighted by Gasteiger charge is 2.12. The van der Waals surface area contributed by atoms with Crippen molar-refractivity contribution in [1.29, 1.82) is 0 Å². The van der Waals surface area contributed by atoms with Gasteiger partial charge in [0.05, 0.1) is 18.5 Å². The molecule has 0 aliphatic heterocycles. The number of hydrogen-bond donors (Lipinski definition) is 1. The second-order valence-electron chi connectivity index (χ2n) is 4.17. The van der Waals surface area contributed by atoms with Crippen LogP contribution in [-0.4, -0.2) is 16.9 Å². The van der Waals surface area contributed by atoms with Crippen LogP contribution in [0.25, 0.3) is 0 Å². The predicted octanol–water partition coefficient (Wildman–Crippen LogP) is 2.55. The van der Waals surface area contributed by atoms with Crippen LogP contribution in [0.3, 0.4) is 0 Å². The lowest BCUT2D eigenvalue weighted by Crippen LogP contribution is -1.99. The largest absolute Gasteiger partial charge is 0.495 e. The lowest BCUT2D eigenvalue weighted by molar-refractivity contribution is 0.305. The number of rotatable bonds is 4. The summed E-state index contributed by atoms with van der Waals surface area (Å²) in [5.74, 6) is 1.29. The van der Waals surface area contributed by atoms with E-state index in [4.69, 9.17) is 26.8 Å². The first-order valence-electron chi connectivity index (χ1n) is 5.77. The van der Waals surface area contributed by atoms with Crippen LogP contribution in [-0.2, 0) is 13.7 Å². The van der Waals surface area contributed by atoms with Crippen molar-refractivity contribution in [3.8, 4) is 11.5 Å². The Hall–Kier alpha value is -1.88. The van der Waals surface area contributed by atoms with Crippen LogP contribution in [0.1, 0.15) is 11.3 Å². The molecule has 2 N–H and O–H groups in total. The van der Waals surface area contributed by atoms with Crippen molar-refractivity contribution in [2.45, 2.75) is 13.5 Å². The van der Waals surface area contributed by atoms with Gasteiger partial charge in [-0.2, -0.15) is 5.10 Å². The van der Waals surface area contributed by atoms with E-state index in [1.165, 1.54) is 0 Å². The van der Waals surface area contributed by atoms with Crippen molar-refractivity contribution in [3.63, 3.8) is 0 Å². The average Bonchev–Trinajstić information content (AvgIpc) is 2.61. The molecule has 0 unspecified atom stereocenters. The van der Waals surface area contributed by atoms with Crippen molar-refractivity contribution in [2.24, 2.45) is 7.05 Å². The molecular weight excluding hydrogens is 266 g/mol. The zero-order valence-electron chi connectivity index (χ0n) is 11.1. The number of ether oxygens (including phenoxy) is 2. The van der Waals surface area contributed by atoms with E-state index in [0.29, 0.717) is 28.9 Å². The molecule has 2 aromatic rings. The highest BCUT2D eigenvalue weighted by Crippen LogP contribution is 2.27. The molecule has 1 heterocycles. The third-order valence-corrected chi connectivity index (χ3v) is 3.33. The molecule has 0 bridgehead atoms. The van der Waals surface area contributed by atoms with Crippen molar-refractivity contribution < 1.29 is 9.47 Å². The van der Waals surface area contributed by atoms with E-state index in [0.717, 1.165) is 11.3 Å². The molecule has 0 radical (unpaired) electrons. The molecule has 0 aliphatic carbocycles. The van der Waals surface area contributed by atoms with E-state index in [1.54, 1.807) is 37.0 Å². The Balaban J connectivity index is 2.12. The number of nitrogen functional groups attached to an aromatic ring is 1. The molecule has 1 aromatic carbocycles. The summed E-state index contributed by atoms with van der Waals surface area (Å²) in [6, 6.07) is 5.29. The summed E-state index contributed by atoms with van der Waals surface area (Å²) in [6.45, 7) is 2.25. The number of anilines is 1. The fourth-order valence-electron chi connectivity index (χ4n) is 1.80. The Morgan fingerprint density at radius 1 is 1.42 bits per heavy atom. The standard InChI is InChI=1S/C13H16ClN3O2/c1-8-10(13(14)17(2)16-8)7-19-9-4-5-12(18-3)11(15)6-9/h4-6H,7,15H2,1-3H3. The van der Waals surface area contributed by atoms with Gasteiger partial charge in [0, 0.05) is 18.7 Å². The van der Waals surface area contributed by atoms with Gasteiger partial charge in [0.25, 0.3) is 0 Å². The zero-order chi connectivity index (χ0) is 14.0. The predicted molar refractivity (Wildman–Crippen MR) is 74.7 cm³/mol. The van der Waals surface area contributed by atoms with Crippen LogP contribution in [0.15, 0.2) is 18.2 Å². The summed E-state index contributed by atoms with van der Waals surface area (Å²) in [7, 11) is 3.37. The maximum atomic E-state index is 6.14. The van der Waals surface area contributed by atoms with Crippen molar-refractivity contribution >= 4 is 17.3 Å². The summed E-state index contributed by atoms with van der Waals surface area (Å²) >= 11 is 6.14. The Bertz CT molecular complexity index is 596. The van der Waals surface area contributed by atoms with Crippen molar-refractivity contribution in [1.82, 2.24) is 9.78 Å². The fourth-order valence-corrected chi connectivity index (χ4v) is 2.02. The zero-order valence-corrected chi connectivity index (χ0v) is 11.9. The molecule has 2 rings (SSSR count). The van der Waals surface area contributed by atoms with Crippen LogP contribution in [0.4, 0.5) is 5.69 Å². The highest BCUT2D eigenvalue weighted by atomic mass is 35.5. The molecule has 0 saturated heterocycles. The summed E-state index contributed by atoms with van der Waals surface area (Å²) in [5.41, 5.74) is 8.08. The molecule has 0 saturated carbocycles. The van der Waals surface area contributed by atoms with Gasteiger partial charge in [-0.15, -0.1) is 0 Å². The summed E-state index contributed by atoms with van der Waals surface area (Å²) in [4.78, 5) is 0. The third-order valence-electron chi connectivity index (χ3n) is 2.85. The minimum absolute atomic E-state index is 0.351. The number of methoxy groups -OCH3 is 1. The fraction of sp³-hybridized carbons (Fsp3) is 0.308. The normalized spacial score (nSPS) is 10.5. The quantitative estimate of drug-likeness (QED) is 0.875. The molecule has 0 fully saturated rings. The molecule has 0 amide bonds. The maximum absolute atomic E-state index is 6.14. The van der Waals surface area contributed by atoms with E-state index >= 15 is 0 Å². The number of hydrogen-bond acceptors (Lipinski definition) is 4. The number of halogens is 1. The molecule has 0 spiro atoms. The maximum Gasteiger partial charge on any atom is 0.142 e. The molecule has 5 nitrogen and oxygen atoms in total. The number of aryl methyl sites for hydroxylation is 2. The lowest BCUT2D eigenvalue weighted by atomic mass is 10.2. The van der Waals surface area contributed by atoms with E-state index in [9.17, 15) is 0 Å². The van der Waals surface area contributed by atoms with Crippen LogP contribution < -0.4 is 15.2 Å². The first-order chi connectivity index (χ1) is 9.02. The molecule has 0 atom stereocenters. The molecule has 0 aliphatic rings. The molecule has 19 heavy (non-hydrogen) atoms. The van der Waals surface area contributed by atoms with E-state index in [2.05, 4.69) is 5.10 Å². The summed E-state index contributed by atoms with van der Waals surface area (Å²) in [6.07, 6.45) is 0. The first-order valence-corrected chi connectivity index (χ1v) is 6.15. The SMILES string of the molecule is COc1ccc(OCc2c(C)nn(C)c2Cl)cc1N. The highest BCUT2D eigenvalue weighted by molar-refractivity contribution is 6.30. The van der Waals surface area contributed by atoms with Crippen LogP contribution in [0, 0.1) is 6.92 Å². The topological polar surface area (TPSA) is 62.3 Å². The van der Waals surface area contributed by atoms with Gasteiger partial charge in [-0.25, -0.2) is 0 Å². The van der Waals surface area contributed by atoms with Crippen LogP contribution in [0.5, 0.6) is 11.5 Å². The lowest BCUT2D eigenvalue weighted by Gasteiger charge is -2.09. The third kappa shape index (κ3) is 2.76. The first kappa shape index (κ1) is 13.5. The van der Waals surface area contributed by atoms with E-state index in [1.807, 2.05) is 6.92 Å². The van der Waals surface area contributed by atoms with Gasteiger partial charge in [-0.05, 0) is 19.1 Å². The molecule has 6 heteroatoms. The number of benzene rings is 1. The van der Waals surface area contributed by atoms with Gasteiger partial charge in [0.2, 0.25) is 0 Å². The van der Waals surface area contributed by atoms with E-state index < -0.39 is 0 Å². The van der Waals surface area contributed by atoms with Gasteiger partial charge in [0.15, 0.2) is 0 Å². The van der Waals surface area contributed by atoms with Gasteiger partial charge < -0.3 is 15.2 Å². The smallest absolute Gasteiger partial charge is 0.142 e. The number of nitrogens with two attached hydrogens (primary N) is 1. The van der Waals surface area contributed by atoms with Gasteiger partial charge in [-0.3, -0.25) is 4.68 Å². The van der Waals surface area contributed by atoms with E-state index in [-0.39, 0.29) is 0 Å². The Morgan fingerprint density at radius 3 is 2.68 bits per heavy atom. The van der Waals surface area contributed by atoms with Crippen molar-refractivity contribution in [3.05, 3.63) is 34.6 Å². The number of nitrogens with zero attached hydrogens (tertiary/aromatic N) is 2. The van der Waals surface area contributed by atoms with Gasteiger partial charge >= 0.3 is 0 Å². The van der Waals surface area contributed by atoms with Crippen LogP contribution in [0.2, 0.25) is 5.15 Å². The second-order valence-corrected chi connectivity index (χ2v) is 4.53. The van der Waals surface area contributed by atoms with Gasteiger partial charge in [0.1, 0.15) is 23.3 Å². The minimum Gasteiger partial charge on any atom is -0.495 e.